The first-order valence-corrected chi connectivity index (χ1v) is 10.1. The van der Waals surface area contributed by atoms with E-state index in [0.29, 0.717) is 22.3 Å². The van der Waals surface area contributed by atoms with Crippen LogP contribution < -0.4 is 10.6 Å². The second-order valence-corrected chi connectivity index (χ2v) is 7.81. The van der Waals surface area contributed by atoms with Gasteiger partial charge in [-0.2, -0.15) is 5.10 Å². The van der Waals surface area contributed by atoms with Crippen molar-refractivity contribution >= 4 is 44.9 Å². The van der Waals surface area contributed by atoms with Gasteiger partial charge in [0.1, 0.15) is 11.6 Å². The maximum atomic E-state index is 12.4. The van der Waals surface area contributed by atoms with E-state index in [4.69, 9.17) is 4.52 Å². The Morgan fingerprint density at radius 2 is 2.03 bits per heavy atom. The summed E-state index contributed by atoms with van der Waals surface area (Å²) < 4.78 is 5.00. The first kappa shape index (κ1) is 18.9. The molecule has 154 valence electrons. The van der Waals surface area contributed by atoms with Crippen molar-refractivity contribution in [3.63, 3.8) is 0 Å². The molecule has 0 aliphatic heterocycles. The molecule has 5 aromatic heterocycles. The molecule has 11 heteroatoms. The van der Waals surface area contributed by atoms with Crippen molar-refractivity contribution in [1.82, 2.24) is 30.3 Å². The average molecular weight is 432 g/mol. The highest BCUT2D eigenvalue weighted by Gasteiger charge is 2.16. The van der Waals surface area contributed by atoms with E-state index in [1.807, 2.05) is 19.1 Å². The number of hydrogen-bond donors (Lipinski definition) is 3. The second-order valence-electron chi connectivity index (χ2n) is 6.81. The van der Waals surface area contributed by atoms with E-state index in [9.17, 15) is 4.79 Å². The quantitative estimate of drug-likeness (QED) is 0.378. The first-order chi connectivity index (χ1) is 15.1. The number of hydrogen-bond acceptors (Lipinski definition) is 9. The molecule has 5 rings (SSSR count). The lowest BCUT2D eigenvalue weighted by Gasteiger charge is -2.05. The number of anilines is 3. The summed E-state index contributed by atoms with van der Waals surface area (Å²) >= 11 is 1.49. The smallest absolute Gasteiger partial charge is 0.295 e. The molecule has 31 heavy (non-hydrogen) atoms. The standard InChI is InChI=1S/C20H16N8O2S/c1-10-7-24-30-17(10)19(29)26-15-5-12(3-4-21-15)18-11(2)25-20(31-18)27-16-6-13-8-23-28-14(13)9-22-16/h3-9H,1-2H3,(H,23,28)(H,21,26,29)(H,22,25,27). The van der Waals surface area contributed by atoms with Gasteiger partial charge < -0.3 is 15.2 Å². The number of pyridine rings is 2. The fraction of sp³-hybridized carbons (Fsp3) is 0.100. The van der Waals surface area contributed by atoms with Gasteiger partial charge in [-0.05, 0) is 37.6 Å². The number of nitrogens with one attached hydrogen (secondary N) is 3. The number of aryl methyl sites for hydroxylation is 2. The molecule has 0 bridgehead atoms. The van der Waals surface area contributed by atoms with E-state index in [0.717, 1.165) is 27.0 Å². The monoisotopic (exact) mass is 432 g/mol. The normalized spacial score (nSPS) is 11.0. The zero-order chi connectivity index (χ0) is 21.4. The van der Waals surface area contributed by atoms with Crippen LogP contribution in [0.1, 0.15) is 21.8 Å². The van der Waals surface area contributed by atoms with Crippen molar-refractivity contribution in [2.45, 2.75) is 13.8 Å². The van der Waals surface area contributed by atoms with Crippen molar-refractivity contribution in [2.24, 2.45) is 0 Å². The predicted octanol–water partition coefficient (Wildman–Crippen LogP) is 4.08. The number of H-pyrrole nitrogens is 1. The lowest BCUT2D eigenvalue weighted by molar-refractivity contribution is 0.0986. The van der Waals surface area contributed by atoms with Gasteiger partial charge in [0.25, 0.3) is 5.91 Å². The molecule has 0 aliphatic carbocycles. The number of nitrogens with zero attached hydrogens (tertiary/aromatic N) is 5. The lowest BCUT2D eigenvalue weighted by atomic mass is 10.2. The van der Waals surface area contributed by atoms with Gasteiger partial charge in [-0.15, -0.1) is 0 Å². The van der Waals surface area contributed by atoms with Crippen LogP contribution in [0.5, 0.6) is 0 Å². The van der Waals surface area contributed by atoms with Crippen molar-refractivity contribution in [3.05, 3.63) is 60.0 Å². The molecule has 3 N–H and O–H groups in total. The third-order valence-electron chi connectivity index (χ3n) is 4.57. The van der Waals surface area contributed by atoms with Crippen LogP contribution in [0, 0.1) is 13.8 Å². The molecular formula is C20H16N8O2S. The van der Waals surface area contributed by atoms with Gasteiger partial charge in [-0.25, -0.2) is 15.0 Å². The number of amides is 1. The van der Waals surface area contributed by atoms with E-state index >= 15 is 0 Å². The van der Waals surface area contributed by atoms with Crippen LogP contribution in [0.4, 0.5) is 16.8 Å². The highest BCUT2D eigenvalue weighted by Crippen LogP contribution is 2.34. The van der Waals surface area contributed by atoms with E-state index < -0.39 is 5.91 Å². The third kappa shape index (κ3) is 3.73. The Hall–Kier alpha value is -4.12. The molecule has 0 radical (unpaired) electrons. The number of rotatable bonds is 5. The minimum Gasteiger partial charge on any atom is -0.351 e. The minimum atomic E-state index is -0.399. The van der Waals surface area contributed by atoms with Gasteiger partial charge >= 0.3 is 0 Å². The third-order valence-corrected chi connectivity index (χ3v) is 5.70. The Labute approximate surface area is 179 Å². The summed E-state index contributed by atoms with van der Waals surface area (Å²) in [7, 11) is 0. The van der Waals surface area contributed by atoms with Gasteiger partial charge in [0.05, 0.1) is 34.7 Å². The largest absolute Gasteiger partial charge is 0.351 e. The molecule has 0 saturated heterocycles. The Balaban J connectivity index is 1.38. The van der Waals surface area contributed by atoms with Crippen LogP contribution >= 0.6 is 11.3 Å². The predicted molar refractivity (Wildman–Crippen MR) is 116 cm³/mol. The Morgan fingerprint density at radius 1 is 1.13 bits per heavy atom. The van der Waals surface area contributed by atoms with Crippen LogP contribution in [0.15, 0.2) is 47.5 Å². The van der Waals surface area contributed by atoms with E-state index in [2.05, 4.69) is 40.9 Å². The molecule has 0 atom stereocenters. The number of fused-ring (bicyclic) bond motifs is 1. The topological polar surface area (TPSA) is 135 Å². The maximum Gasteiger partial charge on any atom is 0.295 e. The average Bonchev–Trinajstić information content (AvgIpc) is 3.48. The van der Waals surface area contributed by atoms with Crippen LogP contribution in [-0.2, 0) is 0 Å². The number of aromatic amines is 1. The number of carbonyl (C=O) groups is 1. The van der Waals surface area contributed by atoms with Gasteiger partial charge in [-0.1, -0.05) is 16.5 Å². The van der Waals surface area contributed by atoms with Gasteiger partial charge in [0.15, 0.2) is 5.13 Å². The number of carbonyl (C=O) groups excluding carboxylic acids is 1. The Bertz CT molecular complexity index is 1400. The van der Waals surface area contributed by atoms with Gasteiger partial charge in [-0.3, -0.25) is 9.89 Å². The summed E-state index contributed by atoms with van der Waals surface area (Å²) in [5, 5.41) is 18.2. The molecule has 5 aromatic rings. The zero-order valence-electron chi connectivity index (χ0n) is 16.5. The van der Waals surface area contributed by atoms with Crippen molar-refractivity contribution < 1.29 is 9.32 Å². The molecular weight excluding hydrogens is 416 g/mol. The van der Waals surface area contributed by atoms with Gasteiger partial charge in [0.2, 0.25) is 5.76 Å². The fourth-order valence-corrected chi connectivity index (χ4v) is 4.03. The van der Waals surface area contributed by atoms with Crippen molar-refractivity contribution in [2.75, 3.05) is 10.6 Å². The van der Waals surface area contributed by atoms with E-state index in [-0.39, 0.29) is 5.76 Å². The number of thiazole rings is 1. The van der Waals surface area contributed by atoms with Crippen LogP contribution in [0.2, 0.25) is 0 Å². The summed E-state index contributed by atoms with van der Waals surface area (Å²) in [6.07, 6.45) is 6.60. The van der Waals surface area contributed by atoms with E-state index in [1.54, 1.807) is 31.6 Å². The lowest BCUT2D eigenvalue weighted by Crippen LogP contribution is -2.13. The maximum absolute atomic E-state index is 12.4. The highest BCUT2D eigenvalue weighted by atomic mass is 32.1. The SMILES string of the molecule is Cc1cnoc1C(=O)Nc1cc(-c2sc(Nc3cc4cn[nH]c4cn3)nc2C)ccn1. The summed E-state index contributed by atoms with van der Waals surface area (Å²) in [5.74, 6) is 0.852. The molecule has 0 fully saturated rings. The minimum absolute atomic E-state index is 0.162. The van der Waals surface area contributed by atoms with Crippen LogP contribution in [0.25, 0.3) is 21.3 Å². The molecule has 0 aliphatic rings. The molecule has 0 saturated carbocycles. The summed E-state index contributed by atoms with van der Waals surface area (Å²) in [6.45, 7) is 3.68. The highest BCUT2D eigenvalue weighted by molar-refractivity contribution is 7.19. The Kier molecular flexibility index (Phi) is 4.64. The molecule has 0 unspecified atom stereocenters. The molecule has 0 aromatic carbocycles. The van der Waals surface area contributed by atoms with Gasteiger partial charge in [0, 0.05) is 17.1 Å². The fourth-order valence-electron chi connectivity index (χ4n) is 3.06. The first-order valence-electron chi connectivity index (χ1n) is 9.29. The molecule has 5 heterocycles. The van der Waals surface area contributed by atoms with Crippen LogP contribution in [-0.4, -0.2) is 36.2 Å². The molecule has 10 nitrogen and oxygen atoms in total. The summed E-state index contributed by atoms with van der Waals surface area (Å²) in [6, 6.07) is 5.57. The second kappa shape index (κ2) is 7.61. The van der Waals surface area contributed by atoms with Crippen molar-refractivity contribution in [3.8, 4) is 10.4 Å². The zero-order valence-corrected chi connectivity index (χ0v) is 17.3. The van der Waals surface area contributed by atoms with Crippen molar-refractivity contribution in [1.29, 1.82) is 0 Å². The summed E-state index contributed by atoms with van der Waals surface area (Å²) in [5.41, 5.74) is 3.27. The molecule has 0 spiro atoms. The molecule has 1 amide bonds. The van der Waals surface area contributed by atoms with Crippen LogP contribution in [0.3, 0.4) is 0 Å². The summed E-state index contributed by atoms with van der Waals surface area (Å²) in [4.78, 5) is 26.5. The Morgan fingerprint density at radius 3 is 2.87 bits per heavy atom. The van der Waals surface area contributed by atoms with E-state index in [1.165, 1.54) is 17.5 Å². The number of aromatic nitrogens is 6.